The highest BCUT2D eigenvalue weighted by Crippen LogP contribution is 2.09. The summed E-state index contributed by atoms with van der Waals surface area (Å²) >= 11 is 0. The van der Waals surface area contributed by atoms with Crippen LogP contribution in [0.4, 0.5) is 0 Å². The Balaban J connectivity index is 0.00000338. The molecule has 2 rings (SSSR count). The van der Waals surface area contributed by atoms with E-state index in [1.807, 2.05) is 23.1 Å². The topological polar surface area (TPSA) is 57.5 Å². The molecular formula is C19H37IN6. The van der Waals surface area contributed by atoms with Gasteiger partial charge in [-0.1, -0.05) is 12.8 Å². The highest BCUT2D eigenvalue weighted by atomic mass is 127. The van der Waals surface area contributed by atoms with Crippen LogP contribution in [0.3, 0.4) is 0 Å². The molecule has 0 spiro atoms. The molecule has 1 aliphatic heterocycles. The second-order valence-corrected chi connectivity index (χ2v) is 6.77. The highest BCUT2D eigenvalue weighted by molar-refractivity contribution is 14.0. The molecule has 0 saturated carbocycles. The number of aliphatic imine (C=N–C) groups is 1. The second-order valence-electron chi connectivity index (χ2n) is 6.77. The molecule has 0 radical (unpaired) electrons. The Hall–Kier alpha value is -0.830. The fourth-order valence-electron chi connectivity index (χ4n) is 3.23. The van der Waals surface area contributed by atoms with Crippen molar-refractivity contribution in [1.82, 2.24) is 25.3 Å². The number of guanidine groups is 1. The second kappa shape index (κ2) is 15.2. The van der Waals surface area contributed by atoms with Crippen molar-refractivity contribution >= 4 is 29.9 Å². The van der Waals surface area contributed by atoms with Crippen LogP contribution in [0.5, 0.6) is 0 Å². The normalized spacial score (nSPS) is 15.5. The zero-order valence-electron chi connectivity index (χ0n) is 16.3. The first-order valence-electron chi connectivity index (χ1n) is 10.1. The zero-order valence-corrected chi connectivity index (χ0v) is 18.7. The van der Waals surface area contributed by atoms with E-state index >= 15 is 0 Å². The van der Waals surface area contributed by atoms with E-state index in [1.165, 1.54) is 58.2 Å². The molecule has 7 heteroatoms. The standard InChI is InChI=1S/C19H36N6.HI/c1-2-20-19(22-12-9-17-25-18-10-13-23-25)21-11-5-3-6-14-24-15-7-4-8-16-24;/h10,13,18H,2-9,11-12,14-17H2,1H3,(H2,20,21,22);1H. The Labute approximate surface area is 176 Å². The summed E-state index contributed by atoms with van der Waals surface area (Å²) in [6, 6.07) is 1.96. The Bertz CT molecular complexity index is 457. The molecule has 26 heavy (non-hydrogen) atoms. The number of rotatable bonds is 11. The van der Waals surface area contributed by atoms with E-state index in [0.717, 1.165) is 38.6 Å². The molecule has 0 amide bonds. The molecule has 1 aromatic rings. The summed E-state index contributed by atoms with van der Waals surface area (Å²) in [6.45, 7) is 9.67. The molecule has 150 valence electrons. The summed E-state index contributed by atoms with van der Waals surface area (Å²) in [4.78, 5) is 7.28. The highest BCUT2D eigenvalue weighted by Gasteiger charge is 2.08. The Morgan fingerprint density at radius 1 is 1.04 bits per heavy atom. The van der Waals surface area contributed by atoms with Crippen LogP contribution in [0.2, 0.25) is 0 Å². The van der Waals surface area contributed by atoms with E-state index in [4.69, 9.17) is 0 Å². The van der Waals surface area contributed by atoms with E-state index in [2.05, 4.69) is 32.5 Å². The minimum Gasteiger partial charge on any atom is -0.357 e. The first kappa shape index (κ1) is 23.2. The van der Waals surface area contributed by atoms with Gasteiger partial charge in [-0.15, -0.1) is 24.0 Å². The van der Waals surface area contributed by atoms with Crippen molar-refractivity contribution in [2.24, 2.45) is 4.99 Å². The zero-order chi connectivity index (χ0) is 17.6. The third kappa shape index (κ3) is 10.4. The van der Waals surface area contributed by atoms with Gasteiger partial charge in [-0.25, -0.2) is 0 Å². The van der Waals surface area contributed by atoms with Gasteiger partial charge in [-0.05, 0) is 64.7 Å². The summed E-state index contributed by atoms with van der Waals surface area (Å²) in [5.41, 5.74) is 0. The summed E-state index contributed by atoms with van der Waals surface area (Å²) < 4.78 is 1.96. The van der Waals surface area contributed by atoms with Gasteiger partial charge in [0.05, 0.1) is 0 Å². The number of piperidine rings is 1. The van der Waals surface area contributed by atoms with Crippen LogP contribution in [0.15, 0.2) is 23.5 Å². The van der Waals surface area contributed by atoms with Crippen molar-refractivity contribution < 1.29 is 0 Å². The van der Waals surface area contributed by atoms with E-state index < -0.39 is 0 Å². The van der Waals surface area contributed by atoms with Crippen molar-refractivity contribution in [1.29, 1.82) is 0 Å². The van der Waals surface area contributed by atoms with Crippen LogP contribution in [0, 0.1) is 0 Å². The van der Waals surface area contributed by atoms with Crippen LogP contribution in [-0.2, 0) is 6.54 Å². The average molecular weight is 476 g/mol. The number of nitrogens with one attached hydrogen (secondary N) is 2. The predicted molar refractivity (Wildman–Crippen MR) is 120 cm³/mol. The number of aryl methyl sites for hydroxylation is 1. The van der Waals surface area contributed by atoms with E-state index in [1.54, 1.807) is 0 Å². The fraction of sp³-hybridized carbons (Fsp3) is 0.789. The molecule has 1 aromatic heterocycles. The molecular weight excluding hydrogens is 439 g/mol. The lowest BCUT2D eigenvalue weighted by Crippen LogP contribution is -2.38. The van der Waals surface area contributed by atoms with E-state index in [9.17, 15) is 0 Å². The number of hydrogen-bond donors (Lipinski definition) is 2. The predicted octanol–water partition coefficient (Wildman–Crippen LogP) is 3.10. The average Bonchev–Trinajstić information content (AvgIpc) is 3.16. The maximum atomic E-state index is 4.65. The van der Waals surface area contributed by atoms with Gasteiger partial charge in [0.1, 0.15) is 0 Å². The number of unbranched alkanes of at least 4 members (excludes halogenated alkanes) is 2. The molecule has 1 fully saturated rings. The van der Waals surface area contributed by atoms with Gasteiger partial charge >= 0.3 is 0 Å². The summed E-state index contributed by atoms with van der Waals surface area (Å²) in [5, 5.41) is 11.0. The quantitative estimate of drug-likeness (QED) is 0.223. The molecule has 0 unspecified atom stereocenters. The monoisotopic (exact) mass is 476 g/mol. The maximum Gasteiger partial charge on any atom is 0.191 e. The molecule has 1 aliphatic rings. The van der Waals surface area contributed by atoms with Gasteiger partial charge in [0.25, 0.3) is 0 Å². The summed E-state index contributed by atoms with van der Waals surface area (Å²) in [6.07, 6.45) is 12.9. The molecule has 6 nitrogen and oxygen atoms in total. The molecule has 0 aromatic carbocycles. The van der Waals surface area contributed by atoms with Gasteiger partial charge < -0.3 is 15.5 Å². The fourth-order valence-corrected chi connectivity index (χ4v) is 3.23. The van der Waals surface area contributed by atoms with Crippen molar-refractivity contribution in [3.05, 3.63) is 18.5 Å². The number of hydrogen-bond acceptors (Lipinski definition) is 3. The Kier molecular flexibility index (Phi) is 13.6. The van der Waals surface area contributed by atoms with Crippen molar-refractivity contribution in [2.45, 2.75) is 58.4 Å². The number of likely N-dealkylation sites (tertiary alicyclic amines) is 1. The van der Waals surface area contributed by atoms with Crippen LogP contribution < -0.4 is 10.6 Å². The van der Waals surface area contributed by atoms with Crippen LogP contribution in [0.1, 0.15) is 51.9 Å². The molecule has 1 saturated heterocycles. The minimum atomic E-state index is 0. The Morgan fingerprint density at radius 2 is 1.88 bits per heavy atom. The summed E-state index contributed by atoms with van der Waals surface area (Å²) in [5.74, 6) is 0.944. The smallest absolute Gasteiger partial charge is 0.191 e. The third-order valence-corrected chi connectivity index (χ3v) is 4.61. The third-order valence-electron chi connectivity index (χ3n) is 4.61. The van der Waals surface area contributed by atoms with Crippen molar-refractivity contribution in [3.8, 4) is 0 Å². The molecule has 0 bridgehead atoms. The molecule has 0 atom stereocenters. The first-order valence-corrected chi connectivity index (χ1v) is 10.1. The number of nitrogens with zero attached hydrogens (tertiary/aromatic N) is 4. The lowest BCUT2D eigenvalue weighted by Gasteiger charge is -2.26. The summed E-state index contributed by atoms with van der Waals surface area (Å²) in [7, 11) is 0. The van der Waals surface area contributed by atoms with Crippen LogP contribution >= 0.6 is 24.0 Å². The van der Waals surface area contributed by atoms with Gasteiger partial charge in [-0.2, -0.15) is 5.10 Å². The van der Waals surface area contributed by atoms with Crippen LogP contribution in [-0.4, -0.2) is 59.9 Å². The number of aromatic nitrogens is 2. The van der Waals surface area contributed by atoms with Gasteiger partial charge in [0.15, 0.2) is 5.96 Å². The minimum absolute atomic E-state index is 0. The lowest BCUT2D eigenvalue weighted by atomic mass is 10.1. The molecule has 2 heterocycles. The van der Waals surface area contributed by atoms with E-state index in [-0.39, 0.29) is 24.0 Å². The molecule has 0 aliphatic carbocycles. The SMILES string of the molecule is CCNC(=NCCCn1cccn1)NCCCCCN1CCCCC1.I. The Morgan fingerprint density at radius 3 is 2.62 bits per heavy atom. The van der Waals surface area contributed by atoms with Crippen molar-refractivity contribution in [3.63, 3.8) is 0 Å². The van der Waals surface area contributed by atoms with Gasteiger partial charge in [-0.3, -0.25) is 9.67 Å². The maximum absolute atomic E-state index is 4.65. The largest absolute Gasteiger partial charge is 0.357 e. The van der Waals surface area contributed by atoms with E-state index in [0.29, 0.717) is 0 Å². The van der Waals surface area contributed by atoms with Crippen molar-refractivity contribution in [2.75, 3.05) is 39.3 Å². The first-order chi connectivity index (χ1) is 12.4. The van der Waals surface area contributed by atoms with Gasteiger partial charge in [0, 0.05) is 38.6 Å². The lowest BCUT2D eigenvalue weighted by molar-refractivity contribution is 0.224. The van der Waals surface area contributed by atoms with Crippen LogP contribution in [0.25, 0.3) is 0 Å². The number of halogens is 1. The van der Waals surface area contributed by atoms with Gasteiger partial charge in [0.2, 0.25) is 0 Å². The molecule has 2 N–H and O–H groups in total.